The molecule has 0 amide bonds. The highest BCUT2D eigenvalue weighted by atomic mass is 35.5. The number of piperazine rings is 1. The molecule has 110 valence electrons. The minimum absolute atomic E-state index is 0.426. The first kappa shape index (κ1) is 14.5. The molecule has 1 fully saturated rings. The van der Waals surface area contributed by atoms with E-state index in [1.807, 2.05) is 6.07 Å². The Morgan fingerprint density at radius 1 is 1.00 bits per heavy atom. The van der Waals surface area contributed by atoms with Crippen LogP contribution in [0.5, 0.6) is 0 Å². The van der Waals surface area contributed by atoms with Gasteiger partial charge in [0.05, 0.1) is 0 Å². The van der Waals surface area contributed by atoms with Gasteiger partial charge in [-0.3, -0.25) is 4.90 Å². The molecule has 0 aliphatic carbocycles. The van der Waals surface area contributed by atoms with Crippen LogP contribution < -0.4 is 4.90 Å². The van der Waals surface area contributed by atoms with Crippen molar-refractivity contribution >= 4 is 29.2 Å². The number of pyridine rings is 1. The lowest BCUT2D eigenvalue weighted by molar-refractivity contribution is 0.248. The van der Waals surface area contributed by atoms with E-state index in [2.05, 4.69) is 24.8 Å². The third kappa shape index (κ3) is 3.61. The van der Waals surface area contributed by atoms with Crippen LogP contribution in [0.1, 0.15) is 5.56 Å². The van der Waals surface area contributed by atoms with Gasteiger partial charge in [0.15, 0.2) is 0 Å². The quantitative estimate of drug-likeness (QED) is 0.812. The molecule has 0 aromatic carbocycles. The van der Waals surface area contributed by atoms with Gasteiger partial charge in [-0.05, 0) is 12.1 Å². The van der Waals surface area contributed by atoms with Gasteiger partial charge in [-0.15, -0.1) is 0 Å². The molecule has 0 N–H and O–H groups in total. The topological polar surface area (TPSA) is 45.2 Å². The molecule has 0 bridgehead atoms. The second-order valence-corrected chi connectivity index (χ2v) is 5.70. The van der Waals surface area contributed by atoms with Crippen LogP contribution in [0.3, 0.4) is 0 Å². The second-order valence-electron chi connectivity index (χ2n) is 4.91. The Balaban J connectivity index is 1.59. The maximum atomic E-state index is 6.19. The predicted octanol–water partition coefficient (Wildman–Crippen LogP) is 2.50. The number of halogens is 2. The largest absolute Gasteiger partial charge is 0.338 e. The van der Waals surface area contributed by atoms with Crippen molar-refractivity contribution in [2.24, 2.45) is 0 Å². The molecule has 0 radical (unpaired) electrons. The summed E-state index contributed by atoms with van der Waals surface area (Å²) in [5.41, 5.74) is 1.01. The zero-order valence-corrected chi connectivity index (χ0v) is 12.9. The SMILES string of the molecule is Clc1cc(Cl)c(CN2CCN(c3ncccn3)CC2)cn1. The predicted molar refractivity (Wildman–Crippen MR) is 83.8 cm³/mol. The Morgan fingerprint density at radius 2 is 1.71 bits per heavy atom. The fourth-order valence-corrected chi connectivity index (χ4v) is 2.78. The van der Waals surface area contributed by atoms with E-state index in [0.717, 1.165) is 44.2 Å². The van der Waals surface area contributed by atoms with Gasteiger partial charge in [-0.25, -0.2) is 15.0 Å². The molecular weight excluding hydrogens is 309 g/mol. The fourth-order valence-electron chi connectivity index (χ4n) is 2.35. The molecule has 0 atom stereocenters. The zero-order valence-electron chi connectivity index (χ0n) is 11.4. The lowest BCUT2D eigenvalue weighted by Gasteiger charge is -2.34. The summed E-state index contributed by atoms with van der Waals surface area (Å²) in [5, 5.41) is 1.10. The smallest absolute Gasteiger partial charge is 0.225 e. The second kappa shape index (κ2) is 6.56. The van der Waals surface area contributed by atoms with Crippen LogP contribution in [-0.2, 0) is 6.54 Å². The molecule has 21 heavy (non-hydrogen) atoms. The van der Waals surface area contributed by atoms with Crippen LogP contribution in [0, 0.1) is 0 Å². The number of hydrogen-bond donors (Lipinski definition) is 0. The lowest BCUT2D eigenvalue weighted by atomic mass is 10.2. The van der Waals surface area contributed by atoms with Gasteiger partial charge in [-0.2, -0.15) is 0 Å². The van der Waals surface area contributed by atoms with Gasteiger partial charge in [0.2, 0.25) is 5.95 Å². The molecule has 1 saturated heterocycles. The molecule has 3 heterocycles. The minimum Gasteiger partial charge on any atom is -0.338 e. The van der Waals surface area contributed by atoms with Crippen LogP contribution in [-0.4, -0.2) is 46.0 Å². The minimum atomic E-state index is 0.426. The van der Waals surface area contributed by atoms with E-state index in [4.69, 9.17) is 23.2 Å². The van der Waals surface area contributed by atoms with Crippen LogP contribution in [0.15, 0.2) is 30.7 Å². The van der Waals surface area contributed by atoms with E-state index in [0.29, 0.717) is 10.2 Å². The summed E-state index contributed by atoms with van der Waals surface area (Å²) in [4.78, 5) is 17.2. The van der Waals surface area contributed by atoms with Gasteiger partial charge in [-0.1, -0.05) is 23.2 Å². The highest BCUT2D eigenvalue weighted by Crippen LogP contribution is 2.21. The van der Waals surface area contributed by atoms with E-state index >= 15 is 0 Å². The molecule has 1 aliphatic rings. The molecule has 0 unspecified atom stereocenters. The summed E-state index contributed by atoms with van der Waals surface area (Å²) in [6.07, 6.45) is 5.29. The normalized spacial score (nSPS) is 16.2. The Morgan fingerprint density at radius 3 is 2.38 bits per heavy atom. The van der Waals surface area contributed by atoms with Crippen molar-refractivity contribution < 1.29 is 0 Å². The zero-order chi connectivity index (χ0) is 14.7. The summed E-state index contributed by atoms with van der Waals surface area (Å²) < 4.78 is 0. The first-order chi connectivity index (χ1) is 10.2. The maximum Gasteiger partial charge on any atom is 0.225 e. The van der Waals surface area contributed by atoms with Crippen LogP contribution in [0.4, 0.5) is 5.95 Å². The number of rotatable bonds is 3. The summed E-state index contributed by atoms with van der Waals surface area (Å²) in [7, 11) is 0. The monoisotopic (exact) mass is 323 g/mol. The molecule has 2 aromatic rings. The van der Waals surface area contributed by atoms with Gasteiger partial charge in [0, 0.05) is 61.9 Å². The Labute approximate surface area is 133 Å². The standard InChI is InChI=1S/C14H15Cl2N5/c15-12-8-13(16)19-9-11(12)10-20-4-6-21(7-5-20)14-17-2-1-3-18-14/h1-3,8-9H,4-7,10H2. The van der Waals surface area contributed by atoms with Crippen molar-refractivity contribution in [1.82, 2.24) is 19.9 Å². The van der Waals surface area contributed by atoms with Gasteiger partial charge in [0.25, 0.3) is 0 Å². The molecule has 2 aromatic heterocycles. The molecule has 5 nitrogen and oxygen atoms in total. The first-order valence-electron chi connectivity index (χ1n) is 6.76. The number of anilines is 1. The Bertz CT molecular complexity index is 600. The molecule has 7 heteroatoms. The first-order valence-corrected chi connectivity index (χ1v) is 7.52. The van der Waals surface area contributed by atoms with Gasteiger partial charge in [0.1, 0.15) is 5.15 Å². The summed E-state index contributed by atoms with van der Waals surface area (Å²) in [6.45, 7) is 4.48. The van der Waals surface area contributed by atoms with E-state index < -0.39 is 0 Å². The van der Waals surface area contributed by atoms with E-state index in [1.165, 1.54) is 0 Å². The van der Waals surface area contributed by atoms with Crippen molar-refractivity contribution in [3.05, 3.63) is 46.5 Å². The average Bonchev–Trinajstić information content (AvgIpc) is 2.52. The van der Waals surface area contributed by atoms with Crippen LogP contribution in [0.2, 0.25) is 10.2 Å². The van der Waals surface area contributed by atoms with Crippen molar-refractivity contribution in [2.75, 3.05) is 31.1 Å². The van der Waals surface area contributed by atoms with Crippen molar-refractivity contribution in [3.8, 4) is 0 Å². The highest BCUT2D eigenvalue weighted by molar-refractivity contribution is 6.34. The van der Waals surface area contributed by atoms with Crippen molar-refractivity contribution in [3.63, 3.8) is 0 Å². The number of hydrogen-bond acceptors (Lipinski definition) is 5. The highest BCUT2D eigenvalue weighted by Gasteiger charge is 2.19. The van der Waals surface area contributed by atoms with E-state index in [1.54, 1.807) is 24.7 Å². The van der Waals surface area contributed by atoms with Gasteiger partial charge >= 0.3 is 0 Å². The van der Waals surface area contributed by atoms with Crippen molar-refractivity contribution in [2.45, 2.75) is 6.54 Å². The van der Waals surface area contributed by atoms with Crippen molar-refractivity contribution in [1.29, 1.82) is 0 Å². The van der Waals surface area contributed by atoms with Crippen LogP contribution >= 0.6 is 23.2 Å². The molecule has 0 spiro atoms. The maximum absolute atomic E-state index is 6.19. The molecule has 0 saturated carbocycles. The van der Waals surface area contributed by atoms with E-state index in [9.17, 15) is 0 Å². The third-order valence-corrected chi connectivity index (χ3v) is 4.06. The summed E-state index contributed by atoms with van der Waals surface area (Å²) in [6, 6.07) is 3.52. The Kier molecular flexibility index (Phi) is 4.53. The van der Waals surface area contributed by atoms with Crippen LogP contribution in [0.25, 0.3) is 0 Å². The third-order valence-electron chi connectivity index (χ3n) is 3.50. The average molecular weight is 324 g/mol. The Hall–Kier alpha value is -1.43. The lowest BCUT2D eigenvalue weighted by Crippen LogP contribution is -2.46. The number of aromatic nitrogens is 3. The summed E-state index contributed by atoms with van der Waals surface area (Å²) >= 11 is 12.0. The molecule has 1 aliphatic heterocycles. The van der Waals surface area contributed by atoms with E-state index in [-0.39, 0.29) is 0 Å². The molecule has 3 rings (SSSR count). The number of nitrogens with zero attached hydrogens (tertiary/aromatic N) is 5. The summed E-state index contributed by atoms with van der Waals surface area (Å²) in [5.74, 6) is 0.795. The fraction of sp³-hybridized carbons (Fsp3) is 0.357. The van der Waals surface area contributed by atoms with Gasteiger partial charge < -0.3 is 4.90 Å². The molecular formula is C14H15Cl2N5.